The third-order valence-electron chi connectivity index (χ3n) is 4.73. The molecule has 3 aromatic heterocycles. The molecule has 0 fully saturated rings. The fraction of sp³-hybridized carbons (Fsp3) is 0.100. The first-order valence-electron chi connectivity index (χ1n) is 8.66. The Hall–Kier alpha value is -3.74. The van der Waals surface area contributed by atoms with Crippen molar-refractivity contribution in [1.29, 1.82) is 0 Å². The number of hydrogen-bond donors (Lipinski definition) is 2. The van der Waals surface area contributed by atoms with Gasteiger partial charge in [0.05, 0.1) is 0 Å². The molecule has 0 saturated heterocycles. The summed E-state index contributed by atoms with van der Waals surface area (Å²) in [5.74, 6) is 0.224. The number of rotatable bonds is 3. The Kier molecular flexibility index (Phi) is 3.39. The first-order valence-corrected chi connectivity index (χ1v) is 8.66. The number of aromatic amines is 2. The zero-order chi connectivity index (χ0) is 18.4. The van der Waals surface area contributed by atoms with Crippen molar-refractivity contribution in [2.45, 2.75) is 13.3 Å². The maximum atomic E-state index is 12.9. The molecule has 7 heteroatoms. The first-order chi connectivity index (χ1) is 13.2. The summed E-state index contributed by atoms with van der Waals surface area (Å²) in [6, 6.07) is 17.7. The second-order valence-corrected chi connectivity index (χ2v) is 6.50. The van der Waals surface area contributed by atoms with Gasteiger partial charge in [0.1, 0.15) is 5.52 Å². The van der Waals surface area contributed by atoms with Gasteiger partial charge in [-0.3, -0.25) is 9.89 Å². The fourth-order valence-electron chi connectivity index (χ4n) is 3.34. The van der Waals surface area contributed by atoms with Gasteiger partial charge in [0, 0.05) is 28.6 Å². The van der Waals surface area contributed by atoms with Crippen LogP contribution in [0.5, 0.6) is 0 Å². The van der Waals surface area contributed by atoms with Crippen LogP contribution in [0.4, 0.5) is 0 Å². The van der Waals surface area contributed by atoms with Gasteiger partial charge < -0.3 is 4.98 Å². The minimum Gasteiger partial charge on any atom is -0.338 e. The standard InChI is InChI=1S/C20H16N6O/c1-12-15(11-13-7-3-2-4-8-13)19(27)26(25-12)20-22-18-17(23-24-20)14-9-5-6-10-16(14)21-18/h2-10,25H,11H2,1H3,(H,21,22,24). The van der Waals surface area contributed by atoms with Gasteiger partial charge in [0.15, 0.2) is 5.65 Å². The highest BCUT2D eigenvalue weighted by Gasteiger charge is 2.16. The molecule has 7 nitrogen and oxygen atoms in total. The lowest BCUT2D eigenvalue weighted by atomic mass is 10.1. The fourth-order valence-corrected chi connectivity index (χ4v) is 3.34. The smallest absolute Gasteiger partial charge is 0.277 e. The lowest BCUT2D eigenvalue weighted by Crippen LogP contribution is -2.20. The highest BCUT2D eigenvalue weighted by molar-refractivity contribution is 6.03. The minimum absolute atomic E-state index is 0.159. The van der Waals surface area contributed by atoms with E-state index in [1.807, 2.05) is 61.5 Å². The molecule has 0 saturated carbocycles. The summed E-state index contributed by atoms with van der Waals surface area (Å²) in [4.78, 5) is 20.7. The third-order valence-corrected chi connectivity index (χ3v) is 4.73. The van der Waals surface area contributed by atoms with Crippen molar-refractivity contribution >= 4 is 22.1 Å². The third kappa shape index (κ3) is 2.52. The Morgan fingerprint density at radius 1 is 1.00 bits per heavy atom. The highest BCUT2D eigenvalue weighted by atomic mass is 16.1. The molecule has 0 atom stereocenters. The molecule has 5 aromatic rings. The summed E-state index contributed by atoms with van der Waals surface area (Å²) in [6.45, 7) is 1.88. The second-order valence-electron chi connectivity index (χ2n) is 6.50. The monoisotopic (exact) mass is 356 g/mol. The Balaban J connectivity index is 1.61. The number of hydrogen-bond acceptors (Lipinski definition) is 4. The molecule has 2 aromatic carbocycles. The van der Waals surface area contributed by atoms with Crippen LogP contribution in [0.25, 0.3) is 28.0 Å². The van der Waals surface area contributed by atoms with Crippen molar-refractivity contribution in [2.75, 3.05) is 0 Å². The second kappa shape index (κ2) is 5.91. The normalized spacial score (nSPS) is 11.4. The van der Waals surface area contributed by atoms with E-state index in [1.165, 1.54) is 4.68 Å². The summed E-state index contributed by atoms with van der Waals surface area (Å²) in [5, 5.41) is 12.5. The molecular weight excluding hydrogens is 340 g/mol. The molecule has 0 aliphatic rings. The van der Waals surface area contributed by atoms with E-state index in [0.29, 0.717) is 23.1 Å². The Bertz CT molecular complexity index is 1330. The molecule has 0 unspecified atom stereocenters. The Morgan fingerprint density at radius 2 is 1.78 bits per heavy atom. The van der Waals surface area contributed by atoms with Crippen LogP contribution in [0.3, 0.4) is 0 Å². The maximum Gasteiger partial charge on any atom is 0.277 e. The maximum absolute atomic E-state index is 12.9. The zero-order valence-corrected chi connectivity index (χ0v) is 14.6. The lowest BCUT2D eigenvalue weighted by molar-refractivity contribution is 0.756. The van der Waals surface area contributed by atoms with E-state index in [-0.39, 0.29) is 11.5 Å². The number of aromatic nitrogens is 6. The van der Waals surface area contributed by atoms with Gasteiger partial charge in [0.25, 0.3) is 11.5 Å². The molecule has 0 radical (unpaired) electrons. The molecule has 2 N–H and O–H groups in total. The van der Waals surface area contributed by atoms with Crippen molar-refractivity contribution in [3.8, 4) is 5.95 Å². The number of nitrogens with zero attached hydrogens (tertiary/aromatic N) is 4. The predicted molar refractivity (Wildman–Crippen MR) is 103 cm³/mol. The van der Waals surface area contributed by atoms with Crippen molar-refractivity contribution in [1.82, 2.24) is 29.9 Å². The number of fused-ring (bicyclic) bond motifs is 3. The molecule has 0 bridgehead atoms. The number of benzene rings is 2. The molecule has 132 valence electrons. The van der Waals surface area contributed by atoms with Crippen LogP contribution in [0.2, 0.25) is 0 Å². The van der Waals surface area contributed by atoms with Crippen LogP contribution in [-0.4, -0.2) is 29.9 Å². The van der Waals surface area contributed by atoms with Gasteiger partial charge in [-0.25, -0.2) is 0 Å². The predicted octanol–water partition coefficient (Wildman–Crippen LogP) is 2.88. The topological polar surface area (TPSA) is 92.2 Å². The Labute approximate surface area is 153 Å². The number of nitrogens with one attached hydrogen (secondary N) is 2. The highest BCUT2D eigenvalue weighted by Crippen LogP contribution is 2.21. The van der Waals surface area contributed by atoms with Gasteiger partial charge in [-0.05, 0) is 18.6 Å². The van der Waals surface area contributed by atoms with E-state index in [0.717, 1.165) is 22.2 Å². The van der Waals surface area contributed by atoms with Crippen LogP contribution in [0.15, 0.2) is 59.4 Å². The average molecular weight is 356 g/mol. The summed E-state index contributed by atoms with van der Waals surface area (Å²) < 4.78 is 1.35. The van der Waals surface area contributed by atoms with E-state index in [9.17, 15) is 4.79 Å². The van der Waals surface area contributed by atoms with E-state index >= 15 is 0 Å². The van der Waals surface area contributed by atoms with E-state index in [2.05, 4.69) is 25.3 Å². The van der Waals surface area contributed by atoms with Crippen molar-refractivity contribution in [2.24, 2.45) is 0 Å². The van der Waals surface area contributed by atoms with Crippen LogP contribution in [0.1, 0.15) is 16.8 Å². The van der Waals surface area contributed by atoms with E-state index in [1.54, 1.807) is 0 Å². The van der Waals surface area contributed by atoms with Crippen molar-refractivity contribution in [3.05, 3.63) is 81.8 Å². The van der Waals surface area contributed by atoms with Crippen LogP contribution in [0, 0.1) is 6.92 Å². The minimum atomic E-state index is -0.159. The summed E-state index contributed by atoms with van der Waals surface area (Å²) in [5.41, 5.74) is 4.64. The van der Waals surface area contributed by atoms with Gasteiger partial charge >= 0.3 is 0 Å². The van der Waals surface area contributed by atoms with Crippen molar-refractivity contribution < 1.29 is 0 Å². The molecule has 27 heavy (non-hydrogen) atoms. The van der Waals surface area contributed by atoms with Gasteiger partial charge in [-0.2, -0.15) is 9.67 Å². The van der Waals surface area contributed by atoms with Gasteiger partial charge in [0.2, 0.25) is 0 Å². The summed E-state index contributed by atoms with van der Waals surface area (Å²) >= 11 is 0. The van der Waals surface area contributed by atoms with Gasteiger partial charge in [-0.15, -0.1) is 10.2 Å². The van der Waals surface area contributed by atoms with E-state index < -0.39 is 0 Å². The summed E-state index contributed by atoms with van der Waals surface area (Å²) in [7, 11) is 0. The average Bonchev–Trinajstić information content (AvgIpc) is 3.20. The van der Waals surface area contributed by atoms with Crippen LogP contribution >= 0.6 is 0 Å². The quantitative estimate of drug-likeness (QED) is 0.520. The first kappa shape index (κ1) is 15.5. The van der Waals surface area contributed by atoms with Gasteiger partial charge in [-0.1, -0.05) is 48.5 Å². The summed E-state index contributed by atoms with van der Waals surface area (Å²) in [6.07, 6.45) is 0.553. The Morgan fingerprint density at radius 3 is 2.63 bits per heavy atom. The lowest BCUT2D eigenvalue weighted by Gasteiger charge is -1.98. The number of para-hydroxylation sites is 1. The number of H-pyrrole nitrogens is 2. The molecule has 0 amide bonds. The molecule has 0 aliphatic carbocycles. The molecule has 3 heterocycles. The molecule has 0 aliphatic heterocycles. The SMILES string of the molecule is Cc1[nH]n(-c2nnc3c(n2)[nH]c2ccccc23)c(=O)c1Cc1ccccc1. The van der Waals surface area contributed by atoms with Crippen molar-refractivity contribution in [3.63, 3.8) is 0 Å². The largest absolute Gasteiger partial charge is 0.338 e. The number of aryl methyl sites for hydroxylation is 1. The van der Waals surface area contributed by atoms with Crippen LogP contribution < -0.4 is 5.56 Å². The zero-order valence-electron chi connectivity index (χ0n) is 14.6. The van der Waals surface area contributed by atoms with E-state index in [4.69, 9.17) is 0 Å². The molecular formula is C20H16N6O. The molecule has 0 spiro atoms. The molecule has 5 rings (SSSR count). The van der Waals surface area contributed by atoms with Crippen LogP contribution in [-0.2, 0) is 6.42 Å².